The molecule has 1 rings (SSSR count). The van der Waals surface area contributed by atoms with E-state index in [9.17, 15) is 4.79 Å². The molecule has 5 heteroatoms. The average molecular weight is 237 g/mol. The topological polar surface area (TPSA) is 55.3 Å². The van der Waals surface area contributed by atoms with Crippen LogP contribution in [0.4, 0.5) is 5.82 Å². The van der Waals surface area contributed by atoms with Gasteiger partial charge >= 0.3 is 5.97 Å². The van der Waals surface area contributed by atoms with Gasteiger partial charge in [0.1, 0.15) is 0 Å². The highest BCUT2D eigenvalue weighted by molar-refractivity contribution is 5.69. The van der Waals surface area contributed by atoms with E-state index < -0.39 is 0 Å². The zero-order valence-corrected chi connectivity index (χ0v) is 10.6. The highest BCUT2D eigenvalue weighted by atomic mass is 16.5. The van der Waals surface area contributed by atoms with E-state index in [-0.39, 0.29) is 5.97 Å². The number of hydrogen-bond acceptors (Lipinski definition) is 5. The van der Waals surface area contributed by atoms with Crippen LogP contribution >= 0.6 is 0 Å². The Morgan fingerprint density at radius 1 is 1.41 bits per heavy atom. The van der Waals surface area contributed by atoms with Gasteiger partial charge in [0.05, 0.1) is 19.2 Å². The van der Waals surface area contributed by atoms with Gasteiger partial charge in [0.15, 0.2) is 5.82 Å². The van der Waals surface area contributed by atoms with E-state index in [1.807, 2.05) is 24.1 Å². The molecule has 0 N–H and O–H groups in total. The SMILES string of the molecule is CCCc1ccc(N(C)CCC(=O)OC)nn1. The number of nitrogens with zero attached hydrogens (tertiary/aromatic N) is 3. The van der Waals surface area contributed by atoms with Crippen LogP contribution in [-0.2, 0) is 16.0 Å². The van der Waals surface area contributed by atoms with Crippen LogP contribution in [0, 0.1) is 0 Å². The second-order valence-electron chi connectivity index (χ2n) is 3.88. The van der Waals surface area contributed by atoms with Crippen molar-refractivity contribution in [1.29, 1.82) is 0 Å². The van der Waals surface area contributed by atoms with Gasteiger partial charge in [0.2, 0.25) is 0 Å². The van der Waals surface area contributed by atoms with Crippen molar-refractivity contribution in [3.05, 3.63) is 17.8 Å². The molecule has 0 saturated carbocycles. The zero-order valence-electron chi connectivity index (χ0n) is 10.6. The molecule has 0 bridgehead atoms. The quantitative estimate of drug-likeness (QED) is 0.700. The Morgan fingerprint density at radius 3 is 2.71 bits per heavy atom. The van der Waals surface area contributed by atoms with Crippen molar-refractivity contribution in [3.8, 4) is 0 Å². The lowest BCUT2D eigenvalue weighted by molar-refractivity contribution is -0.140. The molecule has 0 aromatic carbocycles. The van der Waals surface area contributed by atoms with Crippen LogP contribution in [-0.4, -0.2) is 36.9 Å². The van der Waals surface area contributed by atoms with Crippen LogP contribution < -0.4 is 4.90 Å². The van der Waals surface area contributed by atoms with E-state index >= 15 is 0 Å². The number of aromatic nitrogens is 2. The van der Waals surface area contributed by atoms with Gasteiger partial charge in [0.25, 0.3) is 0 Å². The van der Waals surface area contributed by atoms with E-state index in [0.29, 0.717) is 13.0 Å². The second kappa shape index (κ2) is 6.83. The number of hydrogen-bond donors (Lipinski definition) is 0. The molecule has 0 radical (unpaired) electrons. The van der Waals surface area contributed by atoms with Crippen molar-refractivity contribution in [2.75, 3.05) is 25.6 Å². The van der Waals surface area contributed by atoms with E-state index in [2.05, 4.69) is 21.9 Å². The fourth-order valence-electron chi connectivity index (χ4n) is 1.42. The summed E-state index contributed by atoms with van der Waals surface area (Å²) in [6, 6.07) is 3.90. The maximum atomic E-state index is 11.0. The Labute approximate surface area is 102 Å². The first kappa shape index (κ1) is 13.4. The number of esters is 1. The maximum absolute atomic E-state index is 11.0. The molecule has 1 heterocycles. The number of carbonyl (C=O) groups excluding carboxylic acids is 1. The highest BCUT2D eigenvalue weighted by Gasteiger charge is 2.06. The highest BCUT2D eigenvalue weighted by Crippen LogP contribution is 2.08. The summed E-state index contributed by atoms with van der Waals surface area (Å²) in [6.07, 6.45) is 2.36. The van der Waals surface area contributed by atoms with Crippen LogP contribution in [0.15, 0.2) is 12.1 Å². The van der Waals surface area contributed by atoms with Gasteiger partial charge in [-0.15, -0.1) is 5.10 Å². The molecule has 17 heavy (non-hydrogen) atoms. The van der Waals surface area contributed by atoms with Gasteiger partial charge in [-0.1, -0.05) is 13.3 Å². The largest absolute Gasteiger partial charge is 0.469 e. The second-order valence-corrected chi connectivity index (χ2v) is 3.88. The fourth-order valence-corrected chi connectivity index (χ4v) is 1.42. The number of anilines is 1. The number of aryl methyl sites for hydroxylation is 1. The Morgan fingerprint density at radius 2 is 2.18 bits per heavy atom. The van der Waals surface area contributed by atoms with Crippen LogP contribution in [0.5, 0.6) is 0 Å². The third-order valence-electron chi connectivity index (χ3n) is 2.48. The summed E-state index contributed by atoms with van der Waals surface area (Å²) in [5.41, 5.74) is 0.998. The number of methoxy groups -OCH3 is 1. The van der Waals surface area contributed by atoms with Gasteiger partial charge in [-0.25, -0.2) is 0 Å². The minimum Gasteiger partial charge on any atom is -0.469 e. The van der Waals surface area contributed by atoms with Crippen LogP contribution in [0.1, 0.15) is 25.5 Å². The summed E-state index contributed by atoms with van der Waals surface area (Å²) >= 11 is 0. The van der Waals surface area contributed by atoms with E-state index in [1.54, 1.807) is 0 Å². The molecule has 0 atom stereocenters. The van der Waals surface area contributed by atoms with Crippen LogP contribution in [0.25, 0.3) is 0 Å². The summed E-state index contributed by atoms with van der Waals surface area (Å²) in [7, 11) is 3.27. The predicted octanol–water partition coefficient (Wildman–Crippen LogP) is 1.43. The Hall–Kier alpha value is -1.65. The third-order valence-corrected chi connectivity index (χ3v) is 2.48. The number of ether oxygens (including phenoxy) is 1. The minimum absolute atomic E-state index is 0.215. The van der Waals surface area contributed by atoms with E-state index in [0.717, 1.165) is 24.4 Å². The third kappa shape index (κ3) is 4.38. The molecular weight excluding hydrogens is 218 g/mol. The van der Waals surface area contributed by atoms with Crippen LogP contribution in [0.3, 0.4) is 0 Å². The normalized spacial score (nSPS) is 10.1. The summed E-state index contributed by atoms with van der Waals surface area (Å²) in [4.78, 5) is 12.9. The molecular formula is C12H19N3O2. The standard InChI is InChI=1S/C12H19N3O2/c1-4-5-10-6-7-11(14-13-10)15(2)9-8-12(16)17-3/h6-7H,4-5,8-9H2,1-3H3. The summed E-state index contributed by atoms with van der Waals surface area (Å²) in [5.74, 6) is 0.557. The van der Waals surface area contributed by atoms with Gasteiger partial charge in [-0.2, -0.15) is 5.10 Å². The smallest absolute Gasteiger partial charge is 0.307 e. The van der Waals surface area contributed by atoms with Gasteiger partial charge < -0.3 is 9.64 Å². The van der Waals surface area contributed by atoms with Crippen molar-refractivity contribution in [2.45, 2.75) is 26.2 Å². The van der Waals surface area contributed by atoms with E-state index in [1.165, 1.54) is 7.11 Å². The Kier molecular flexibility index (Phi) is 5.39. The Bertz CT molecular complexity index is 351. The minimum atomic E-state index is -0.215. The van der Waals surface area contributed by atoms with Crippen molar-refractivity contribution in [2.24, 2.45) is 0 Å². The molecule has 94 valence electrons. The average Bonchev–Trinajstić information content (AvgIpc) is 2.36. The molecule has 1 aromatic heterocycles. The molecule has 0 spiro atoms. The van der Waals surface area contributed by atoms with Gasteiger partial charge in [0, 0.05) is 13.6 Å². The Balaban J connectivity index is 2.51. The molecule has 0 aliphatic carbocycles. The lowest BCUT2D eigenvalue weighted by Gasteiger charge is -2.16. The molecule has 0 saturated heterocycles. The molecule has 0 fully saturated rings. The molecule has 0 aliphatic heterocycles. The number of rotatable bonds is 6. The van der Waals surface area contributed by atoms with Crippen molar-refractivity contribution < 1.29 is 9.53 Å². The molecule has 0 aliphatic rings. The first-order valence-corrected chi connectivity index (χ1v) is 5.78. The van der Waals surface area contributed by atoms with Crippen molar-refractivity contribution in [1.82, 2.24) is 10.2 Å². The summed E-state index contributed by atoms with van der Waals surface area (Å²) in [5, 5.41) is 8.25. The lowest BCUT2D eigenvalue weighted by Crippen LogP contribution is -2.22. The van der Waals surface area contributed by atoms with Gasteiger partial charge in [-0.05, 0) is 18.6 Å². The summed E-state index contributed by atoms with van der Waals surface area (Å²) < 4.78 is 4.59. The zero-order chi connectivity index (χ0) is 12.7. The maximum Gasteiger partial charge on any atom is 0.307 e. The fraction of sp³-hybridized carbons (Fsp3) is 0.583. The van der Waals surface area contributed by atoms with Crippen molar-refractivity contribution >= 4 is 11.8 Å². The molecule has 0 amide bonds. The number of carbonyl (C=O) groups is 1. The molecule has 0 unspecified atom stereocenters. The first-order chi connectivity index (χ1) is 8.17. The van der Waals surface area contributed by atoms with E-state index in [4.69, 9.17) is 0 Å². The van der Waals surface area contributed by atoms with Gasteiger partial charge in [-0.3, -0.25) is 4.79 Å². The molecule has 5 nitrogen and oxygen atoms in total. The molecule has 1 aromatic rings. The van der Waals surface area contributed by atoms with Crippen molar-refractivity contribution in [3.63, 3.8) is 0 Å². The van der Waals surface area contributed by atoms with Crippen LogP contribution in [0.2, 0.25) is 0 Å². The first-order valence-electron chi connectivity index (χ1n) is 5.78. The predicted molar refractivity (Wildman–Crippen MR) is 65.9 cm³/mol. The summed E-state index contributed by atoms with van der Waals surface area (Å²) in [6.45, 7) is 2.69. The monoisotopic (exact) mass is 237 g/mol. The lowest BCUT2D eigenvalue weighted by atomic mass is 10.2.